The van der Waals surface area contributed by atoms with Crippen LogP contribution >= 0.6 is 0 Å². The van der Waals surface area contributed by atoms with Gasteiger partial charge in [0.05, 0.1) is 11.5 Å². The number of sulfonamides is 1. The summed E-state index contributed by atoms with van der Waals surface area (Å²) in [5, 5.41) is 14.9. The van der Waals surface area contributed by atoms with E-state index in [0.717, 1.165) is 17.7 Å². The number of nitrogens with zero attached hydrogens (tertiary/aromatic N) is 3. The second kappa shape index (κ2) is 7.87. The molecule has 1 N–H and O–H groups in total. The number of benzene rings is 2. The van der Waals surface area contributed by atoms with Crippen LogP contribution < -0.4 is 4.72 Å². The van der Waals surface area contributed by atoms with Crippen molar-refractivity contribution in [2.45, 2.75) is 31.2 Å². The zero-order valence-electron chi connectivity index (χ0n) is 15.2. The van der Waals surface area contributed by atoms with E-state index >= 15 is 0 Å². The molecule has 0 saturated heterocycles. The van der Waals surface area contributed by atoms with Crippen molar-refractivity contribution in [1.82, 2.24) is 14.9 Å². The van der Waals surface area contributed by atoms with Gasteiger partial charge in [-0.15, -0.1) is 0 Å². The van der Waals surface area contributed by atoms with Gasteiger partial charge in [-0.3, -0.25) is 10.1 Å². The second-order valence-electron chi connectivity index (χ2n) is 6.34. The maximum atomic E-state index is 12.4. The quantitative estimate of drug-likeness (QED) is 0.474. The Hall–Kier alpha value is -3.11. The maximum Gasteiger partial charge on any atom is 0.289 e. The summed E-state index contributed by atoms with van der Waals surface area (Å²) in [4.78, 5) is 14.0. The third kappa shape index (κ3) is 4.24. The van der Waals surface area contributed by atoms with E-state index in [-0.39, 0.29) is 12.4 Å². The predicted octanol–water partition coefficient (Wildman–Crippen LogP) is 3.25. The van der Waals surface area contributed by atoms with Crippen LogP contribution in [0.15, 0.2) is 57.9 Å². The first-order valence-electron chi connectivity index (χ1n) is 8.44. The van der Waals surface area contributed by atoms with E-state index in [2.05, 4.69) is 28.7 Å². The van der Waals surface area contributed by atoms with Crippen molar-refractivity contribution in [2.24, 2.45) is 0 Å². The van der Waals surface area contributed by atoms with Crippen molar-refractivity contribution < 1.29 is 17.9 Å². The Labute approximate surface area is 161 Å². The molecule has 9 nitrogen and oxygen atoms in total. The van der Waals surface area contributed by atoms with Crippen molar-refractivity contribution in [3.05, 3.63) is 70.1 Å². The van der Waals surface area contributed by atoms with Crippen LogP contribution in [0, 0.1) is 10.1 Å². The van der Waals surface area contributed by atoms with Crippen molar-refractivity contribution in [2.75, 3.05) is 0 Å². The van der Waals surface area contributed by atoms with Gasteiger partial charge in [-0.1, -0.05) is 55.4 Å². The van der Waals surface area contributed by atoms with Crippen LogP contribution in [-0.2, 0) is 16.6 Å². The summed E-state index contributed by atoms with van der Waals surface area (Å²) in [5.74, 6) is 0.770. The summed E-state index contributed by atoms with van der Waals surface area (Å²) in [6, 6.07) is 12.7. The fraction of sp³-hybridized carbons (Fsp3) is 0.222. The van der Waals surface area contributed by atoms with E-state index in [4.69, 9.17) is 4.52 Å². The van der Waals surface area contributed by atoms with E-state index in [1.165, 1.54) is 17.7 Å². The lowest BCUT2D eigenvalue weighted by Gasteiger charge is -2.05. The molecule has 146 valence electrons. The fourth-order valence-electron chi connectivity index (χ4n) is 2.53. The number of rotatable bonds is 7. The van der Waals surface area contributed by atoms with E-state index in [1.54, 1.807) is 0 Å². The smallest absolute Gasteiger partial charge is 0.289 e. The zero-order valence-corrected chi connectivity index (χ0v) is 16.0. The topological polar surface area (TPSA) is 128 Å². The molecule has 1 aromatic heterocycles. The molecule has 0 unspecified atom stereocenters. The molecule has 28 heavy (non-hydrogen) atoms. The standard InChI is InChI=1S/C18H18N4O5S/c1-12(2)13-7-9-14(10-8-13)18-20-17(27-21-18)11-19-28(25,26)16-6-4-3-5-15(16)22(23)24/h3-10,12,19H,11H2,1-2H3. The van der Waals surface area contributed by atoms with Gasteiger partial charge in [0.1, 0.15) is 0 Å². The molecule has 0 aliphatic rings. The Morgan fingerprint density at radius 3 is 2.46 bits per heavy atom. The minimum atomic E-state index is -4.12. The summed E-state index contributed by atoms with van der Waals surface area (Å²) in [7, 11) is -4.12. The summed E-state index contributed by atoms with van der Waals surface area (Å²) < 4.78 is 32.1. The number of nitrogens with one attached hydrogen (secondary N) is 1. The minimum Gasteiger partial charge on any atom is -0.338 e. The second-order valence-corrected chi connectivity index (χ2v) is 8.07. The lowest BCUT2D eigenvalue weighted by molar-refractivity contribution is -0.387. The highest BCUT2D eigenvalue weighted by Crippen LogP contribution is 2.23. The number of aromatic nitrogens is 2. The van der Waals surface area contributed by atoms with Crippen molar-refractivity contribution >= 4 is 15.7 Å². The molecule has 0 aliphatic heterocycles. The van der Waals surface area contributed by atoms with Gasteiger partial charge in [0, 0.05) is 11.6 Å². The molecule has 1 heterocycles. The summed E-state index contributed by atoms with van der Waals surface area (Å²) in [6.07, 6.45) is 0. The number of hydrogen-bond acceptors (Lipinski definition) is 7. The van der Waals surface area contributed by atoms with Gasteiger partial charge >= 0.3 is 0 Å². The molecule has 0 fully saturated rings. The van der Waals surface area contributed by atoms with Crippen LogP contribution in [0.2, 0.25) is 0 Å². The third-order valence-electron chi connectivity index (χ3n) is 4.07. The molecule has 0 spiro atoms. The molecular weight excluding hydrogens is 384 g/mol. The Balaban J connectivity index is 1.75. The molecule has 2 aromatic carbocycles. The molecule has 3 rings (SSSR count). The molecule has 0 radical (unpaired) electrons. The van der Waals surface area contributed by atoms with Crippen LogP contribution in [0.25, 0.3) is 11.4 Å². The van der Waals surface area contributed by atoms with Gasteiger partial charge in [-0.05, 0) is 17.5 Å². The van der Waals surface area contributed by atoms with Crippen LogP contribution in [0.4, 0.5) is 5.69 Å². The third-order valence-corrected chi connectivity index (χ3v) is 5.52. The number of nitro groups is 1. The maximum absolute atomic E-state index is 12.4. The van der Waals surface area contributed by atoms with Gasteiger partial charge in [0.2, 0.25) is 21.7 Å². The Morgan fingerprint density at radius 2 is 1.82 bits per heavy atom. The molecule has 0 amide bonds. The Bertz CT molecular complexity index is 1090. The highest BCUT2D eigenvalue weighted by atomic mass is 32.2. The Kier molecular flexibility index (Phi) is 5.52. The molecule has 0 saturated carbocycles. The molecule has 0 aliphatic carbocycles. The molecule has 10 heteroatoms. The van der Waals surface area contributed by atoms with Gasteiger partial charge < -0.3 is 4.52 Å². The van der Waals surface area contributed by atoms with Crippen LogP contribution in [0.5, 0.6) is 0 Å². The minimum absolute atomic E-state index is 0.0464. The zero-order chi connectivity index (χ0) is 20.3. The lowest BCUT2D eigenvalue weighted by atomic mass is 10.0. The Morgan fingerprint density at radius 1 is 1.14 bits per heavy atom. The monoisotopic (exact) mass is 402 g/mol. The van der Waals surface area contributed by atoms with Gasteiger partial charge in [-0.25, -0.2) is 13.1 Å². The highest BCUT2D eigenvalue weighted by molar-refractivity contribution is 7.89. The van der Waals surface area contributed by atoms with Gasteiger partial charge in [0.25, 0.3) is 5.69 Å². The van der Waals surface area contributed by atoms with Crippen LogP contribution in [0.1, 0.15) is 31.2 Å². The van der Waals surface area contributed by atoms with Crippen molar-refractivity contribution in [3.8, 4) is 11.4 Å². The molecular formula is C18H18N4O5S. The summed E-state index contributed by atoms with van der Waals surface area (Å²) in [5.41, 5.74) is 1.40. The normalized spacial score (nSPS) is 11.7. The van der Waals surface area contributed by atoms with E-state index < -0.39 is 25.5 Å². The first-order valence-corrected chi connectivity index (χ1v) is 9.92. The predicted molar refractivity (Wildman–Crippen MR) is 101 cm³/mol. The van der Waals surface area contributed by atoms with Crippen LogP contribution in [-0.4, -0.2) is 23.5 Å². The van der Waals surface area contributed by atoms with Gasteiger partial charge in [-0.2, -0.15) is 4.98 Å². The number of para-hydroxylation sites is 1. The van der Waals surface area contributed by atoms with Crippen LogP contribution in [0.3, 0.4) is 0 Å². The SMILES string of the molecule is CC(C)c1ccc(-c2noc(CNS(=O)(=O)c3ccccc3[N+](=O)[O-])n2)cc1. The van der Waals surface area contributed by atoms with E-state index in [0.29, 0.717) is 11.7 Å². The van der Waals surface area contributed by atoms with Gasteiger partial charge in [0.15, 0.2) is 4.90 Å². The van der Waals surface area contributed by atoms with E-state index in [9.17, 15) is 18.5 Å². The highest BCUT2D eigenvalue weighted by Gasteiger charge is 2.25. The molecule has 3 aromatic rings. The number of nitro benzene ring substituents is 1. The average molecular weight is 402 g/mol. The number of hydrogen-bond donors (Lipinski definition) is 1. The lowest BCUT2D eigenvalue weighted by Crippen LogP contribution is -2.24. The average Bonchev–Trinajstić information content (AvgIpc) is 3.15. The van der Waals surface area contributed by atoms with E-state index in [1.807, 2.05) is 24.3 Å². The fourth-order valence-corrected chi connectivity index (χ4v) is 3.68. The first kappa shape index (κ1) is 19.6. The summed E-state index contributed by atoms with van der Waals surface area (Å²) in [6.45, 7) is 3.89. The summed E-state index contributed by atoms with van der Waals surface area (Å²) >= 11 is 0. The van der Waals surface area contributed by atoms with Crippen molar-refractivity contribution in [1.29, 1.82) is 0 Å². The first-order chi connectivity index (χ1) is 13.3. The molecule has 0 atom stereocenters. The molecule has 0 bridgehead atoms. The van der Waals surface area contributed by atoms with Crippen molar-refractivity contribution in [3.63, 3.8) is 0 Å². The largest absolute Gasteiger partial charge is 0.338 e.